The molecule has 2 aromatic carbocycles. The van der Waals surface area contributed by atoms with Crippen LogP contribution in [0.1, 0.15) is 36.3 Å². The second-order valence-corrected chi connectivity index (χ2v) is 9.35. The van der Waals surface area contributed by atoms with Gasteiger partial charge in [-0.3, -0.25) is 4.79 Å². The van der Waals surface area contributed by atoms with Crippen LogP contribution in [0.2, 0.25) is 0 Å². The fourth-order valence-electron chi connectivity index (χ4n) is 4.50. The Hall–Kier alpha value is -4.24. The number of rotatable bonds is 9. The Morgan fingerprint density at radius 1 is 1.08 bits per heavy atom. The second-order valence-electron chi connectivity index (χ2n) is 8.52. The highest BCUT2D eigenvalue weighted by molar-refractivity contribution is 8.16. The quantitative estimate of drug-likeness (QED) is 0.378. The predicted molar refractivity (Wildman–Crippen MR) is 146 cm³/mol. The van der Waals surface area contributed by atoms with Crippen molar-refractivity contribution in [1.29, 1.82) is 0 Å². The van der Waals surface area contributed by atoms with Crippen LogP contribution in [0, 0.1) is 0 Å². The number of furan rings is 1. The molecule has 1 aromatic heterocycles. The van der Waals surface area contributed by atoms with E-state index in [4.69, 9.17) is 18.9 Å². The van der Waals surface area contributed by atoms with Crippen molar-refractivity contribution >= 4 is 34.5 Å². The van der Waals surface area contributed by atoms with Crippen molar-refractivity contribution in [2.24, 2.45) is 4.99 Å². The number of hydrogen-bond acceptors (Lipinski definition) is 8. The molecule has 2 aliphatic rings. The first-order valence-electron chi connectivity index (χ1n) is 12.2. The Bertz CT molecular complexity index is 1410. The van der Waals surface area contributed by atoms with Crippen molar-refractivity contribution in [3.05, 3.63) is 107 Å². The highest BCUT2D eigenvalue weighted by Gasteiger charge is 2.43. The molecule has 3 aromatic rings. The predicted octanol–water partition coefficient (Wildman–Crippen LogP) is 5.27. The van der Waals surface area contributed by atoms with Gasteiger partial charge in [0.25, 0.3) is 0 Å². The first-order valence-corrected chi connectivity index (χ1v) is 13.1. The van der Waals surface area contributed by atoms with Crippen LogP contribution in [0.15, 0.2) is 99.1 Å². The summed E-state index contributed by atoms with van der Waals surface area (Å²) in [6.07, 6.45) is 1.66. The molecule has 3 heterocycles. The summed E-state index contributed by atoms with van der Waals surface area (Å²) >= 11 is 1.42. The highest BCUT2D eigenvalue weighted by Crippen LogP contribution is 2.48. The molecule has 0 unspecified atom stereocenters. The van der Waals surface area contributed by atoms with Gasteiger partial charge < -0.3 is 24.1 Å². The largest absolute Gasteiger partial charge is 0.496 e. The minimum atomic E-state index is -0.618. The summed E-state index contributed by atoms with van der Waals surface area (Å²) in [5.74, 6) is 0.638. The van der Waals surface area contributed by atoms with Gasteiger partial charge in [-0.2, -0.15) is 0 Å². The summed E-state index contributed by atoms with van der Waals surface area (Å²) in [5.41, 5.74) is 3.21. The summed E-state index contributed by atoms with van der Waals surface area (Å²) in [6.45, 7) is 2.28. The van der Waals surface area contributed by atoms with Crippen molar-refractivity contribution in [1.82, 2.24) is 10.2 Å². The average molecular weight is 530 g/mol. The van der Waals surface area contributed by atoms with Gasteiger partial charge in [0.1, 0.15) is 11.5 Å². The first kappa shape index (κ1) is 25.4. The molecular weight excluding hydrogens is 502 g/mol. The number of carbonyl (C=O) groups is 2. The normalized spacial score (nSPS) is 16.5. The van der Waals surface area contributed by atoms with Gasteiger partial charge in [-0.1, -0.05) is 60.3 Å². The number of ether oxygens (including phenoxy) is 2. The van der Waals surface area contributed by atoms with E-state index in [0.29, 0.717) is 27.9 Å². The van der Waals surface area contributed by atoms with Crippen molar-refractivity contribution in [2.75, 3.05) is 13.7 Å². The zero-order chi connectivity index (χ0) is 26.5. The van der Waals surface area contributed by atoms with Crippen molar-refractivity contribution in [2.45, 2.75) is 25.9 Å². The Kier molecular flexibility index (Phi) is 7.65. The Morgan fingerprint density at radius 3 is 2.61 bits per heavy atom. The van der Waals surface area contributed by atoms with E-state index in [2.05, 4.69) is 5.32 Å². The molecule has 38 heavy (non-hydrogen) atoms. The lowest BCUT2D eigenvalue weighted by molar-refractivity contribution is -0.139. The van der Waals surface area contributed by atoms with Crippen molar-refractivity contribution in [3.63, 3.8) is 0 Å². The molecule has 8 nitrogen and oxygen atoms in total. The lowest BCUT2D eigenvalue weighted by Crippen LogP contribution is -2.38. The second kappa shape index (κ2) is 11.4. The van der Waals surface area contributed by atoms with E-state index >= 15 is 0 Å². The zero-order valence-corrected chi connectivity index (χ0v) is 21.9. The molecule has 1 N–H and O–H groups in total. The van der Waals surface area contributed by atoms with Gasteiger partial charge in [0, 0.05) is 16.8 Å². The van der Waals surface area contributed by atoms with Crippen LogP contribution in [0.4, 0.5) is 0 Å². The molecule has 194 valence electrons. The molecule has 0 saturated heterocycles. The summed E-state index contributed by atoms with van der Waals surface area (Å²) in [4.78, 5) is 33.4. The number of amidine groups is 1. The minimum absolute atomic E-state index is 0.0924. The summed E-state index contributed by atoms with van der Waals surface area (Å²) in [6, 6.07) is 20.1. The summed E-state index contributed by atoms with van der Waals surface area (Å²) in [5, 5.41) is 5.47. The minimum Gasteiger partial charge on any atom is -0.496 e. The maximum absolute atomic E-state index is 13.6. The third-order valence-corrected chi connectivity index (χ3v) is 7.06. The van der Waals surface area contributed by atoms with Gasteiger partial charge in [0.2, 0.25) is 5.91 Å². The molecule has 1 amide bonds. The molecule has 0 aliphatic carbocycles. The summed E-state index contributed by atoms with van der Waals surface area (Å²) in [7, 11) is 1.60. The number of benzene rings is 2. The van der Waals surface area contributed by atoms with Crippen LogP contribution in [0.3, 0.4) is 0 Å². The van der Waals surface area contributed by atoms with E-state index in [1.54, 1.807) is 32.4 Å². The van der Waals surface area contributed by atoms with Gasteiger partial charge in [-0.25, -0.2) is 9.79 Å². The van der Waals surface area contributed by atoms with Crippen molar-refractivity contribution < 1.29 is 23.5 Å². The van der Waals surface area contributed by atoms with E-state index in [0.717, 1.165) is 16.8 Å². The number of aliphatic imine (C=N–C) groups is 1. The maximum atomic E-state index is 13.6. The number of methoxy groups -OCH3 is 1. The average Bonchev–Trinajstić information content (AvgIpc) is 3.62. The van der Waals surface area contributed by atoms with E-state index < -0.39 is 12.0 Å². The number of nitrogens with zero attached hydrogens (tertiary/aromatic N) is 2. The molecule has 0 radical (unpaired) electrons. The third kappa shape index (κ3) is 5.10. The first-order chi connectivity index (χ1) is 18.6. The summed E-state index contributed by atoms with van der Waals surface area (Å²) < 4.78 is 16.6. The third-order valence-electron chi connectivity index (χ3n) is 6.17. The van der Waals surface area contributed by atoms with Gasteiger partial charge in [0.15, 0.2) is 5.17 Å². The van der Waals surface area contributed by atoms with Crippen LogP contribution in [-0.4, -0.2) is 35.7 Å². The smallest absolute Gasteiger partial charge is 0.338 e. The fourth-order valence-corrected chi connectivity index (χ4v) is 5.42. The fraction of sp³-hybridized carbons (Fsp3) is 0.207. The number of carbonyl (C=O) groups excluding carboxylic acids is 2. The highest BCUT2D eigenvalue weighted by atomic mass is 32.2. The van der Waals surface area contributed by atoms with Gasteiger partial charge in [-0.05, 0) is 30.5 Å². The van der Waals surface area contributed by atoms with Crippen LogP contribution in [-0.2, 0) is 20.9 Å². The number of thioether (sulfide) groups is 1. The monoisotopic (exact) mass is 529 g/mol. The SMILES string of the molecule is CCOC(=O)C1=C(c2ccccc2)N=C2SC=C(CC(=O)NCc3ccco3)N2[C@H]1c1ccccc1OC. The van der Waals surface area contributed by atoms with Crippen LogP contribution < -0.4 is 10.1 Å². The Balaban J connectivity index is 1.58. The van der Waals surface area contributed by atoms with Crippen LogP contribution in [0.5, 0.6) is 5.75 Å². The Morgan fingerprint density at radius 2 is 1.87 bits per heavy atom. The van der Waals surface area contributed by atoms with Crippen molar-refractivity contribution in [3.8, 4) is 5.75 Å². The molecule has 2 aliphatic heterocycles. The molecular formula is C29H27N3O5S. The number of amides is 1. The molecule has 0 spiro atoms. The molecule has 0 fully saturated rings. The number of para-hydroxylation sites is 1. The molecule has 0 saturated carbocycles. The van der Waals surface area contributed by atoms with Crippen LogP contribution >= 0.6 is 11.8 Å². The van der Waals surface area contributed by atoms with E-state index in [1.807, 2.05) is 64.9 Å². The van der Waals surface area contributed by atoms with Gasteiger partial charge in [-0.15, -0.1) is 0 Å². The number of esters is 1. The Labute approximate surface area is 225 Å². The molecule has 0 bridgehead atoms. The van der Waals surface area contributed by atoms with E-state index in [1.165, 1.54) is 11.8 Å². The molecule has 9 heteroatoms. The lowest BCUT2D eigenvalue weighted by Gasteiger charge is -2.37. The standard InChI is InChI=1S/C29H27N3O5S/c1-3-36-28(34)25-26(19-10-5-4-6-11-19)31-29-32(27(25)22-13-7-8-14-23(22)35-2)20(18-38-29)16-24(33)30-17-21-12-9-15-37-21/h4-15,18,27H,3,16-17H2,1-2H3,(H,30,33)/t27-/m0/s1. The van der Waals surface area contributed by atoms with E-state index in [-0.39, 0.29) is 25.5 Å². The van der Waals surface area contributed by atoms with E-state index in [9.17, 15) is 9.59 Å². The topological polar surface area (TPSA) is 93.4 Å². The number of fused-ring (bicyclic) bond motifs is 1. The zero-order valence-electron chi connectivity index (χ0n) is 21.0. The number of nitrogens with one attached hydrogen (secondary N) is 1. The maximum Gasteiger partial charge on any atom is 0.338 e. The van der Waals surface area contributed by atoms with Gasteiger partial charge in [0.05, 0.1) is 50.3 Å². The molecule has 1 atom stereocenters. The van der Waals surface area contributed by atoms with Crippen LogP contribution in [0.25, 0.3) is 5.70 Å². The number of hydrogen-bond donors (Lipinski definition) is 1. The van der Waals surface area contributed by atoms with Gasteiger partial charge >= 0.3 is 5.97 Å². The lowest BCUT2D eigenvalue weighted by atomic mass is 9.91. The molecule has 5 rings (SSSR count).